The molecule has 0 saturated heterocycles. The van der Waals surface area contributed by atoms with E-state index >= 15 is 0 Å². The molecule has 3 rings (SSSR count). The van der Waals surface area contributed by atoms with Gasteiger partial charge in [-0.3, -0.25) is 9.78 Å². The summed E-state index contributed by atoms with van der Waals surface area (Å²) in [6.45, 7) is 2.64. The Balaban J connectivity index is 1.49. The Labute approximate surface area is 159 Å². The predicted molar refractivity (Wildman–Crippen MR) is 104 cm³/mol. The van der Waals surface area contributed by atoms with Crippen LogP contribution in [0.4, 0.5) is 10.5 Å². The van der Waals surface area contributed by atoms with Gasteiger partial charge in [0.15, 0.2) is 0 Å². The van der Waals surface area contributed by atoms with Crippen LogP contribution in [0.3, 0.4) is 0 Å². The van der Waals surface area contributed by atoms with Crippen molar-refractivity contribution < 1.29 is 9.59 Å². The maximum Gasteiger partial charge on any atom is 0.322 e. The standard InChI is InChI=1S/C20H25N5O2/c1-24(2)12-4-11-22-19(26)15-6-8-17(9-7-15)23-20(27)25-13-16-5-3-10-21-18(16)14-25/h3,5-10H,4,11-14H2,1-2H3,(H,22,26)(H,23,27). The molecule has 1 aromatic carbocycles. The lowest BCUT2D eigenvalue weighted by Crippen LogP contribution is -2.30. The molecule has 7 nitrogen and oxygen atoms in total. The molecule has 0 atom stereocenters. The second kappa shape index (κ2) is 8.64. The second-order valence-corrected chi connectivity index (χ2v) is 6.89. The van der Waals surface area contributed by atoms with Gasteiger partial charge in [-0.1, -0.05) is 6.07 Å². The lowest BCUT2D eigenvalue weighted by atomic mass is 10.2. The smallest absolute Gasteiger partial charge is 0.322 e. The van der Waals surface area contributed by atoms with Crippen molar-refractivity contribution in [1.29, 1.82) is 0 Å². The van der Waals surface area contributed by atoms with Crippen molar-refractivity contribution in [3.05, 3.63) is 59.4 Å². The van der Waals surface area contributed by atoms with Gasteiger partial charge in [-0.15, -0.1) is 0 Å². The van der Waals surface area contributed by atoms with Crippen LogP contribution in [-0.2, 0) is 13.1 Å². The molecule has 1 aliphatic heterocycles. The van der Waals surface area contributed by atoms with Gasteiger partial charge >= 0.3 is 6.03 Å². The van der Waals surface area contributed by atoms with Crippen LogP contribution in [0, 0.1) is 0 Å². The Morgan fingerprint density at radius 3 is 2.63 bits per heavy atom. The number of urea groups is 1. The van der Waals surface area contributed by atoms with Crippen LogP contribution in [0.5, 0.6) is 0 Å². The maximum atomic E-state index is 12.4. The molecule has 2 heterocycles. The van der Waals surface area contributed by atoms with Crippen molar-refractivity contribution in [3.63, 3.8) is 0 Å². The van der Waals surface area contributed by atoms with E-state index in [1.54, 1.807) is 35.4 Å². The van der Waals surface area contributed by atoms with Gasteiger partial charge in [-0.25, -0.2) is 4.79 Å². The first-order valence-corrected chi connectivity index (χ1v) is 9.04. The predicted octanol–water partition coefficient (Wildman–Crippen LogP) is 2.31. The number of aromatic nitrogens is 1. The highest BCUT2D eigenvalue weighted by Gasteiger charge is 2.23. The Morgan fingerprint density at radius 1 is 1.15 bits per heavy atom. The Morgan fingerprint density at radius 2 is 1.93 bits per heavy atom. The molecule has 0 aliphatic carbocycles. The quantitative estimate of drug-likeness (QED) is 0.768. The molecule has 7 heteroatoms. The van der Waals surface area contributed by atoms with Gasteiger partial charge in [0.2, 0.25) is 0 Å². The molecule has 27 heavy (non-hydrogen) atoms. The van der Waals surface area contributed by atoms with E-state index in [0.29, 0.717) is 30.9 Å². The monoisotopic (exact) mass is 367 g/mol. The first-order valence-electron chi connectivity index (χ1n) is 9.04. The van der Waals surface area contributed by atoms with Crippen molar-refractivity contribution in [1.82, 2.24) is 20.1 Å². The van der Waals surface area contributed by atoms with E-state index in [-0.39, 0.29) is 11.9 Å². The summed E-state index contributed by atoms with van der Waals surface area (Å²) in [6.07, 6.45) is 2.64. The van der Waals surface area contributed by atoms with E-state index in [1.165, 1.54) is 0 Å². The summed E-state index contributed by atoms with van der Waals surface area (Å²) < 4.78 is 0. The van der Waals surface area contributed by atoms with Gasteiger partial charge < -0.3 is 20.4 Å². The molecule has 3 amide bonds. The second-order valence-electron chi connectivity index (χ2n) is 6.89. The molecule has 1 aromatic heterocycles. The molecule has 0 fully saturated rings. The third kappa shape index (κ3) is 5.04. The van der Waals surface area contributed by atoms with Gasteiger partial charge in [-0.05, 0) is 63.0 Å². The van der Waals surface area contributed by atoms with Crippen LogP contribution in [-0.4, -0.2) is 53.9 Å². The minimum absolute atomic E-state index is 0.104. The number of hydrogen-bond donors (Lipinski definition) is 2. The summed E-state index contributed by atoms with van der Waals surface area (Å²) in [5.41, 5.74) is 3.26. The van der Waals surface area contributed by atoms with E-state index in [1.807, 2.05) is 26.2 Å². The van der Waals surface area contributed by atoms with Gasteiger partial charge in [0.25, 0.3) is 5.91 Å². The number of rotatable bonds is 6. The van der Waals surface area contributed by atoms with Gasteiger partial charge in [0.05, 0.1) is 12.2 Å². The van der Waals surface area contributed by atoms with E-state index in [2.05, 4.69) is 20.5 Å². The molecule has 1 aliphatic rings. The molecule has 142 valence electrons. The topological polar surface area (TPSA) is 77.6 Å². The Kier molecular flexibility index (Phi) is 6.03. The first-order chi connectivity index (χ1) is 13.0. The third-order valence-electron chi connectivity index (χ3n) is 4.44. The molecular weight excluding hydrogens is 342 g/mol. The molecule has 0 unspecified atom stereocenters. The fourth-order valence-corrected chi connectivity index (χ4v) is 2.95. The third-order valence-corrected chi connectivity index (χ3v) is 4.44. The van der Waals surface area contributed by atoms with Gasteiger partial charge in [-0.2, -0.15) is 0 Å². The Bertz CT molecular complexity index is 779. The summed E-state index contributed by atoms with van der Waals surface area (Å²) in [7, 11) is 4.01. The van der Waals surface area contributed by atoms with Crippen molar-refractivity contribution in [2.24, 2.45) is 0 Å². The van der Waals surface area contributed by atoms with Crippen LogP contribution in [0.15, 0.2) is 42.6 Å². The zero-order valence-corrected chi connectivity index (χ0v) is 15.7. The lowest BCUT2D eigenvalue weighted by molar-refractivity contribution is 0.0952. The number of benzene rings is 1. The number of nitrogens with zero attached hydrogens (tertiary/aromatic N) is 3. The fraction of sp³-hybridized carbons (Fsp3) is 0.350. The fourth-order valence-electron chi connectivity index (χ4n) is 2.95. The summed E-state index contributed by atoms with van der Waals surface area (Å²) in [6, 6.07) is 10.6. The van der Waals surface area contributed by atoms with E-state index in [4.69, 9.17) is 0 Å². The van der Waals surface area contributed by atoms with E-state index in [0.717, 1.165) is 24.2 Å². The van der Waals surface area contributed by atoms with E-state index in [9.17, 15) is 9.59 Å². The van der Waals surface area contributed by atoms with Crippen LogP contribution >= 0.6 is 0 Å². The van der Waals surface area contributed by atoms with Crippen molar-refractivity contribution in [2.45, 2.75) is 19.5 Å². The zero-order valence-electron chi connectivity index (χ0n) is 15.7. The average Bonchev–Trinajstić information content (AvgIpc) is 3.10. The molecule has 2 N–H and O–H groups in total. The normalized spacial score (nSPS) is 12.8. The largest absolute Gasteiger partial charge is 0.352 e. The number of nitrogens with one attached hydrogen (secondary N) is 2. The van der Waals surface area contributed by atoms with E-state index < -0.39 is 0 Å². The SMILES string of the molecule is CN(C)CCCNC(=O)c1ccc(NC(=O)N2Cc3cccnc3C2)cc1. The number of carbonyl (C=O) groups is 2. The maximum absolute atomic E-state index is 12.4. The van der Waals surface area contributed by atoms with Crippen LogP contribution in [0.25, 0.3) is 0 Å². The first kappa shape index (κ1) is 18.8. The molecule has 0 saturated carbocycles. The highest BCUT2D eigenvalue weighted by atomic mass is 16.2. The van der Waals surface area contributed by atoms with Gasteiger partial charge in [0, 0.05) is 30.5 Å². The van der Waals surface area contributed by atoms with Crippen molar-refractivity contribution in [3.8, 4) is 0 Å². The zero-order chi connectivity index (χ0) is 19.2. The van der Waals surface area contributed by atoms with Crippen LogP contribution in [0.1, 0.15) is 28.0 Å². The summed E-state index contributed by atoms with van der Waals surface area (Å²) in [5.74, 6) is -0.104. The molecule has 2 aromatic rings. The number of anilines is 1. The number of carbonyl (C=O) groups excluding carboxylic acids is 2. The summed E-state index contributed by atoms with van der Waals surface area (Å²) in [5, 5.41) is 5.77. The summed E-state index contributed by atoms with van der Waals surface area (Å²) in [4.78, 5) is 32.7. The molecule has 0 bridgehead atoms. The van der Waals surface area contributed by atoms with Crippen molar-refractivity contribution >= 4 is 17.6 Å². The summed E-state index contributed by atoms with van der Waals surface area (Å²) >= 11 is 0. The van der Waals surface area contributed by atoms with Gasteiger partial charge in [0.1, 0.15) is 0 Å². The average molecular weight is 367 g/mol. The minimum atomic E-state index is -0.172. The molecule has 0 radical (unpaired) electrons. The highest BCUT2D eigenvalue weighted by Crippen LogP contribution is 2.21. The number of fused-ring (bicyclic) bond motifs is 1. The Hall–Kier alpha value is -2.93. The number of pyridine rings is 1. The number of hydrogen-bond acceptors (Lipinski definition) is 4. The number of amides is 3. The molecular formula is C20H25N5O2. The van der Waals surface area contributed by atoms with Crippen LogP contribution in [0.2, 0.25) is 0 Å². The highest BCUT2D eigenvalue weighted by molar-refractivity contribution is 5.95. The minimum Gasteiger partial charge on any atom is -0.352 e. The lowest BCUT2D eigenvalue weighted by Gasteiger charge is -2.16. The van der Waals surface area contributed by atoms with Crippen molar-refractivity contribution in [2.75, 3.05) is 32.5 Å². The van der Waals surface area contributed by atoms with Crippen LogP contribution < -0.4 is 10.6 Å². The molecule has 0 spiro atoms.